The smallest absolute Gasteiger partial charge is 0.315 e. The maximum Gasteiger partial charge on any atom is 0.315 e. The molecule has 0 aliphatic rings. The lowest BCUT2D eigenvalue weighted by Gasteiger charge is -2.31. The van der Waals surface area contributed by atoms with Crippen LogP contribution in [0, 0.1) is 10.8 Å². The summed E-state index contributed by atoms with van der Waals surface area (Å²) in [6, 6.07) is 0. The van der Waals surface area contributed by atoms with Crippen molar-refractivity contribution in [2.24, 2.45) is 10.8 Å². The Bertz CT molecular complexity index is 322. The molecule has 0 aromatic rings. The molecular formula is C15H30O4S3. The molecule has 0 bridgehead atoms. The Morgan fingerprint density at radius 3 is 2.27 bits per heavy atom. The molecule has 0 radical (unpaired) electrons. The third-order valence-electron chi connectivity index (χ3n) is 3.42. The summed E-state index contributed by atoms with van der Waals surface area (Å²) in [5.41, 5.74) is -0.196. The largest absolute Gasteiger partial charge is 0.465 e. The standard InChI is InChI=1S/C15H30O4S3/c1-14(2,9-19-13(16)8-20)5-6-17-7-12(22)15(3,4)10-18-11-21/h12,20-22H,5-11H2,1-4H3. The number of ether oxygens (including phenoxy) is 3. The number of rotatable bonds is 12. The van der Waals surface area contributed by atoms with Gasteiger partial charge in [-0.25, -0.2) is 0 Å². The Hall–Kier alpha value is 0.440. The second kappa shape index (κ2) is 11.1. The molecule has 0 aliphatic heterocycles. The predicted molar refractivity (Wildman–Crippen MR) is 100 cm³/mol. The molecule has 0 saturated carbocycles. The lowest BCUT2D eigenvalue weighted by molar-refractivity contribution is -0.143. The van der Waals surface area contributed by atoms with Gasteiger partial charge in [-0.05, 0) is 6.42 Å². The van der Waals surface area contributed by atoms with Crippen LogP contribution in [0.15, 0.2) is 0 Å². The molecular weight excluding hydrogens is 340 g/mol. The molecule has 0 aromatic carbocycles. The van der Waals surface area contributed by atoms with Crippen LogP contribution in [0.2, 0.25) is 0 Å². The van der Waals surface area contributed by atoms with E-state index in [1.807, 2.05) is 13.8 Å². The molecule has 0 saturated heterocycles. The molecule has 4 nitrogen and oxygen atoms in total. The zero-order valence-corrected chi connectivity index (χ0v) is 16.7. The van der Waals surface area contributed by atoms with Crippen LogP contribution in [-0.4, -0.2) is 49.3 Å². The van der Waals surface area contributed by atoms with Crippen LogP contribution >= 0.6 is 37.9 Å². The summed E-state index contributed by atoms with van der Waals surface area (Å²) in [7, 11) is 0. The Kier molecular flexibility index (Phi) is 11.3. The normalized spacial score (nSPS) is 14.0. The molecule has 0 amide bonds. The van der Waals surface area contributed by atoms with Gasteiger partial charge in [0, 0.05) is 22.7 Å². The summed E-state index contributed by atoms with van der Waals surface area (Å²) in [5, 5.41) is 0.0810. The van der Waals surface area contributed by atoms with Crippen molar-refractivity contribution in [3.05, 3.63) is 0 Å². The number of esters is 1. The van der Waals surface area contributed by atoms with Gasteiger partial charge in [0.15, 0.2) is 0 Å². The quantitative estimate of drug-likeness (QED) is 0.214. The van der Waals surface area contributed by atoms with Crippen LogP contribution in [0.3, 0.4) is 0 Å². The molecule has 0 fully saturated rings. The number of hydrogen-bond donors (Lipinski definition) is 3. The SMILES string of the molecule is CC(C)(CCOCC(S)C(C)(C)COCS)COC(=O)CS. The molecule has 0 N–H and O–H groups in total. The van der Waals surface area contributed by atoms with Crippen molar-refractivity contribution >= 4 is 43.9 Å². The van der Waals surface area contributed by atoms with E-state index in [-0.39, 0.29) is 27.8 Å². The van der Waals surface area contributed by atoms with Crippen LogP contribution < -0.4 is 0 Å². The van der Waals surface area contributed by atoms with Gasteiger partial charge in [-0.1, -0.05) is 27.7 Å². The lowest BCUT2D eigenvalue weighted by atomic mass is 9.90. The fourth-order valence-corrected chi connectivity index (χ4v) is 1.93. The van der Waals surface area contributed by atoms with Crippen molar-refractivity contribution in [3.63, 3.8) is 0 Å². The van der Waals surface area contributed by atoms with Gasteiger partial charge in [-0.15, -0.1) is 0 Å². The van der Waals surface area contributed by atoms with E-state index in [0.717, 1.165) is 6.42 Å². The second-order valence-electron chi connectivity index (χ2n) is 6.79. The van der Waals surface area contributed by atoms with Crippen LogP contribution in [0.4, 0.5) is 0 Å². The maximum absolute atomic E-state index is 11.1. The van der Waals surface area contributed by atoms with E-state index >= 15 is 0 Å². The highest BCUT2D eigenvalue weighted by Crippen LogP contribution is 2.27. The Morgan fingerprint density at radius 2 is 1.73 bits per heavy atom. The van der Waals surface area contributed by atoms with Crippen molar-refractivity contribution in [1.29, 1.82) is 0 Å². The van der Waals surface area contributed by atoms with Gasteiger partial charge >= 0.3 is 5.97 Å². The molecule has 1 atom stereocenters. The molecule has 0 aromatic heterocycles. The molecule has 7 heteroatoms. The first-order valence-electron chi connectivity index (χ1n) is 7.35. The highest BCUT2D eigenvalue weighted by Gasteiger charge is 2.27. The summed E-state index contributed by atoms with van der Waals surface area (Å²) in [5.74, 6) is 0.222. The third kappa shape index (κ3) is 10.3. The molecule has 0 aliphatic carbocycles. The van der Waals surface area contributed by atoms with Gasteiger partial charge < -0.3 is 14.2 Å². The van der Waals surface area contributed by atoms with Crippen LogP contribution in [0.5, 0.6) is 0 Å². The molecule has 132 valence electrons. The fraction of sp³-hybridized carbons (Fsp3) is 0.933. The topological polar surface area (TPSA) is 44.8 Å². The lowest BCUT2D eigenvalue weighted by Crippen LogP contribution is -2.34. The molecule has 0 spiro atoms. The van der Waals surface area contributed by atoms with Crippen molar-refractivity contribution in [3.8, 4) is 0 Å². The van der Waals surface area contributed by atoms with E-state index in [9.17, 15) is 4.79 Å². The second-order valence-corrected chi connectivity index (χ2v) is 7.99. The van der Waals surface area contributed by atoms with Crippen LogP contribution in [0.25, 0.3) is 0 Å². The minimum absolute atomic E-state index is 0.0799. The summed E-state index contributed by atoms with van der Waals surface area (Å²) in [6.07, 6.45) is 0.806. The number of carbonyl (C=O) groups is 1. The Balaban J connectivity index is 3.97. The van der Waals surface area contributed by atoms with Gasteiger partial charge in [0.1, 0.15) is 0 Å². The van der Waals surface area contributed by atoms with Crippen molar-refractivity contribution in [2.75, 3.05) is 38.1 Å². The average molecular weight is 371 g/mol. The minimum atomic E-state index is -0.293. The highest BCUT2D eigenvalue weighted by molar-refractivity contribution is 7.81. The van der Waals surface area contributed by atoms with Gasteiger partial charge in [-0.3, -0.25) is 4.79 Å². The van der Waals surface area contributed by atoms with E-state index in [1.54, 1.807) is 0 Å². The van der Waals surface area contributed by atoms with Crippen LogP contribution in [0.1, 0.15) is 34.1 Å². The predicted octanol–water partition coefficient (Wildman–Crippen LogP) is 3.12. The van der Waals surface area contributed by atoms with Gasteiger partial charge in [-0.2, -0.15) is 37.9 Å². The summed E-state index contributed by atoms with van der Waals surface area (Å²) < 4.78 is 16.2. The Morgan fingerprint density at radius 1 is 1.09 bits per heavy atom. The first-order valence-corrected chi connectivity index (χ1v) is 9.13. The Labute approximate surface area is 151 Å². The monoisotopic (exact) mass is 370 g/mol. The summed E-state index contributed by atoms with van der Waals surface area (Å²) >= 11 is 12.5. The van der Waals surface area contributed by atoms with E-state index < -0.39 is 0 Å². The maximum atomic E-state index is 11.1. The minimum Gasteiger partial charge on any atom is -0.465 e. The van der Waals surface area contributed by atoms with Crippen molar-refractivity contribution in [1.82, 2.24) is 0 Å². The third-order valence-corrected chi connectivity index (χ3v) is 4.71. The van der Waals surface area contributed by atoms with Crippen molar-refractivity contribution in [2.45, 2.75) is 39.4 Å². The first-order chi connectivity index (χ1) is 10.1. The van der Waals surface area contributed by atoms with Gasteiger partial charge in [0.05, 0.1) is 31.5 Å². The number of carbonyl (C=O) groups excluding carboxylic acids is 1. The van der Waals surface area contributed by atoms with E-state index in [1.165, 1.54) is 0 Å². The number of thiol groups is 3. The molecule has 0 heterocycles. The zero-order chi connectivity index (χ0) is 17.2. The average Bonchev–Trinajstić information content (AvgIpc) is 2.46. The number of hydrogen-bond acceptors (Lipinski definition) is 7. The van der Waals surface area contributed by atoms with E-state index in [4.69, 9.17) is 14.2 Å². The highest BCUT2D eigenvalue weighted by atomic mass is 32.1. The zero-order valence-electron chi connectivity index (χ0n) is 14.0. The van der Waals surface area contributed by atoms with Gasteiger partial charge in [0.2, 0.25) is 0 Å². The van der Waals surface area contributed by atoms with Crippen LogP contribution in [-0.2, 0) is 19.0 Å². The van der Waals surface area contributed by atoms with E-state index in [2.05, 4.69) is 51.7 Å². The fourth-order valence-electron chi connectivity index (χ4n) is 1.57. The summed E-state index contributed by atoms with van der Waals surface area (Å²) in [6.45, 7) is 10.4. The van der Waals surface area contributed by atoms with Crippen molar-refractivity contribution < 1.29 is 19.0 Å². The van der Waals surface area contributed by atoms with Gasteiger partial charge in [0.25, 0.3) is 0 Å². The molecule has 0 rings (SSSR count). The molecule has 22 heavy (non-hydrogen) atoms. The summed E-state index contributed by atoms with van der Waals surface area (Å²) in [4.78, 5) is 11.1. The molecule has 1 unspecified atom stereocenters. The first kappa shape index (κ1) is 22.4. The van der Waals surface area contributed by atoms with E-state index in [0.29, 0.717) is 32.4 Å².